The molecule has 0 bridgehead atoms. The molecule has 5 nitrogen and oxygen atoms in total. The Hall–Kier alpha value is -1.05. The zero-order chi connectivity index (χ0) is 13.3. The van der Waals surface area contributed by atoms with Crippen LogP contribution in [0.2, 0.25) is 0 Å². The van der Waals surface area contributed by atoms with Crippen molar-refractivity contribution in [3.63, 3.8) is 0 Å². The Balaban J connectivity index is 2.36. The average molecular weight is 273 g/mol. The van der Waals surface area contributed by atoms with Crippen LogP contribution in [0.25, 0.3) is 0 Å². The first-order valence-electron chi connectivity index (χ1n) is 5.79. The first kappa shape index (κ1) is 13.4. The lowest BCUT2D eigenvalue weighted by Gasteiger charge is -2.20. The number of nitrogens with zero attached hydrogens (tertiary/aromatic N) is 2. The number of pyridine rings is 1. The molecular weight excluding hydrogens is 257 g/mol. The summed E-state index contributed by atoms with van der Waals surface area (Å²) in [4.78, 5) is 3.64. The van der Waals surface area contributed by atoms with Crippen molar-refractivity contribution < 1.29 is 12.8 Å². The zero-order valence-corrected chi connectivity index (χ0v) is 10.9. The van der Waals surface area contributed by atoms with Gasteiger partial charge in [0.2, 0.25) is 5.03 Å². The van der Waals surface area contributed by atoms with Crippen LogP contribution in [0, 0.1) is 11.7 Å². The maximum Gasteiger partial charge on any atom is 0.263 e. The Kier molecular flexibility index (Phi) is 3.65. The van der Waals surface area contributed by atoms with Crippen LogP contribution >= 0.6 is 0 Å². The summed E-state index contributed by atoms with van der Waals surface area (Å²) in [5, 5.41) is -0.505. The van der Waals surface area contributed by atoms with E-state index in [1.165, 1.54) is 16.6 Å². The number of sulfonamides is 1. The number of hydrogen-bond acceptors (Lipinski definition) is 4. The van der Waals surface area contributed by atoms with Gasteiger partial charge in [0.25, 0.3) is 10.0 Å². The Bertz CT molecular complexity index is 535. The smallest absolute Gasteiger partial charge is 0.263 e. The van der Waals surface area contributed by atoms with Crippen LogP contribution in [0.5, 0.6) is 0 Å². The third kappa shape index (κ3) is 2.25. The molecule has 2 rings (SSSR count). The van der Waals surface area contributed by atoms with Gasteiger partial charge >= 0.3 is 0 Å². The minimum Gasteiger partial charge on any atom is -0.330 e. The van der Waals surface area contributed by atoms with Gasteiger partial charge in [0.15, 0.2) is 5.82 Å². The van der Waals surface area contributed by atoms with Gasteiger partial charge < -0.3 is 5.73 Å². The van der Waals surface area contributed by atoms with Gasteiger partial charge in [-0.25, -0.2) is 17.8 Å². The van der Waals surface area contributed by atoms with E-state index >= 15 is 0 Å². The zero-order valence-electron chi connectivity index (χ0n) is 10.1. The molecule has 0 radical (unpaired) electrons. The van der Waals surface area contributed by atoms with Crippen LogP contribution in [0.15, 0.2) is 23.4 Å². The number of rotatable bonds is 3. The average Bonchev–Trinajstić information content (AvgIpc) is 2.71. The van der Waals surface area contributed by atoms with E-state index in [0.29, 0.717) is 19.5 Å². The number of halogens is 1. The molecule has 1 aromatic heterocycles. The van der Waals surface area contributed by atoms with Crippen LogP contribution in [-0.2, 0) is 10.0 Å². The van der Waals surface area contributed by atoms with Gasteiger partial charge in [-0.05, 0) is 37.9 Å². The molecule has 2 heterocycles. The molecule has 0 spiro atoms. The van der Waals surface area contributed by atoms with Crippen molar-refractivity contribution in [2.75, 3.05) is 13.1 Å². The summed E-state index contributed by atoms with van der Waals surface area (Å²) in [6.45, 7) is 2.56. The lowest BCUT2D eigenvalue weighted by molar-refractivity contribution is 0.398. The van der Waals surface area contributed by atoms with Gasteiger partial charge in [0.1, 0.15) is 0 Å². The maximum atomic E-state index is 13.6. The Labute approximate surface area is 106 Å². The molecule has 0 amide bonds. The summed E-state index contributed by atoms with van der Waals surface area (Å²) in [6.07, 6.45) is 1.97. The molecule has 1 aliphatic rings. The van der Waals surface area contributed by atoms with Crippen molar-refractivity contribution in [2.45, 2.75) is 24.4 Å². The van der Waals surface area contributed by atoms with Crippen LogP contribution in [0.3, 0.4) is 0 Å². The van der Waals surface area contributed by atoms with E-state index in [4.69, 9.17) is 5.73 Å². The maximum absolute atomic E-state index is 13.6. The highest BCUT2D eigenvalue weighted by atomic mass is 32.2. The number of hydrogen-bond donors (Lipinski definition) is 1. The first-order chi connectivity index (χ1) is 8.46. The lowest BCUT2D eigenvalue weighted by atomic mass is 10.1. The summed E-state index contributed by atoms with van der Waals surface area (Å²) in [5.41, 5.74) is 5.56. The molecule has 1 aromatic rings. The fourth-order valence-electron chi connectivity index (χ4n) is 2.29. The van der Waals surface area contributed by atoms with E-state index in [1.807, 2.05) is 0 Å². The second-order valence-electron chi connectivity index (χ2n) is 4.55. The Morgan fingerprint density at radius 3 is 2.89 bits per heavy atom. The van der Waals surface area contributed by atoms with Crippen molar-refractivity contribution in [1.82, 2.24) is 9.29 Å². The van der Waals surface area contributed by atoms with Crippen molar-refractivity contribution in [2.24, 2.45) is 11.7 Å². The third-order valence-electron chi connectivity index (χ3n) is 3.22. The molecule has 7 heteroatoms. The van der Waals surface area contributed by atoms with Gasteiger partial charge in [-0.2, -0.15) is 4.31 Å². The molecule has 2 N–H and O–H groups in total. The van der Waals surface area contributed by atoms with Crippen molar-refractivity contribution in [3.05, 3.63) is 24.1 Å². The normalized spacial score (nSPS) is 25.5. The van der Waals surface area contributed by atoms with Crippen LogP contribution < -0.4 is 5.73 Å². The van der Waals surface area contributed by atoms with Gasteiger partial charge in [0.05, 0.1) is 0 Å². The largest absolute Gasteiger partial charge is 0.330 e. The Morgan fingerprint density at radius 2 is 2.33 bits per heavy atom. The van der Waals surface area contributed by atoms with Crippen molar-refractivity contribution in [3.8, 4) is 0 Å². The fraction of sp³-hybridized carbons (Fsp3) is 0.545. The summed E-state index contributed by atoms with van der Waals surface area (Å²) in [7, 11) is -3.87. The van der Waals surface area contributed by atoms with E-state index < -0.39 is 20.9 Å². The van der Waals surface area contributed by atoms with Gasteiger partial charge in [-0.1, -0.05) is 0 Å². The minimum atomic E-state index is -3.87. The summed E-state index contributed by atoms with van der Waals surface area (Å²) >= 11 is 0. The first-order valence-corrected chi connectivity index (χ1v) is 7.23. The van der Waals surface area contributed by atoms with Gasteiger partial charge in [-0.3, -0.25) is 0 Å². The topological polar surface area (TPSA) is 76.3 Å². The molecule has 0 aliphatic carbocycles. The highest BCUT2D eigenvalue weighted by Crippen LogP contribution is 2.28. The van der Waals surface area contributed by atoms with E-state index in [1.54, 1.807) is 6.92 Å². The van der Waals surface area contributed by atoms with Crippen LogP contribution in [0.4, 0.5) is 4.39 Å². The molecule has 2 atom stereocenters. The van der Waals surface area contributed by atoms with E-state index in [9.17, 15) is 12.8 Å². The van der Waals surface area contributed by atoms with E-state index in [2.05, 4.69) is 4.98 Å². The molecular formula is C11H16FN3O2S. The molecule has 100 valence electrons. The second-order valence-corrected chi connectivity index (χ2v) is 6.36. The molecule has 1 saturated heterocycles. The SMILES string of the molecule is CC1CC(CN)CN1S(=O)(=O)c1ncccc1F. The fourth-order valence-corrected chi connectivity index (χ4v) is 3.98. The molecule has 1 fully saturated rings. The monoisotopic (exact) mass is 273 g/mol. The predicted octanol–water partition coefficient (Wildman–Crippen LogP) is 0.579. The molecule has 0 saturated carbocycles. The summed E-state index contributed by atoms with van der Waals surface area (Å²) in [6, 6.07) is 2.29. The predicted molar refractivity (Wildman–Crippen MR) is 64.7 cm³/mol. The van der Waals surface area contributed by atoms with Crippen molar-refractivity contribution >= 4 is 10.0 Å². The van der Waals surface area contributed by atoms with E-state index in [-0.39, 0.29) is 12.0 Å². The third-order valence-corrected chi connectivity index (χ3v) is 5.13. The molecule has 2 unspecified atom stereocenters. The van der Waals surface area contributed by atoms with Crippen LogP contribution in [-0.4, -0.2) is 36.8 Å². The molecule has 1 aliphatic heterocycles. The van der Waals surface area contributed by atoms with Crippen molar-refractivity contribution in [1.29, 1.82) is 0 Å². The molecule has 18 heavy (non-hydrogen) atoms. The Morgan fingerprint density at radius 1 is 1.61 bits per heavy atom. The van der Waals surface area contributed by atoms with Gasteiger partial charge in [-0.15, -0.1) is 0 Å². The lowest BCUT2D eigenvalue weighted by Crippen LogP contribution is -2.35. The second kappa shape index (κ2) is 4.91. The quantitative estimate of drug-likeness (QED) is 0.874. The molecule has 0 aromatic carbocycles. The van der Waals surface area contributed by atoms with Crippen LogP contribution in [0.1, 0.15) is 13.3 Å². The standard InChI is InChI=1S/C11H16FN3O2S/c1-8-5-9(6-13)7-15(8)18(16,17)11-10(12)3-2-4-14-11/h2-4,8-9H,5-7,13H2,1H3. The highest BCUT2D eigenvalue weighted by molar-refractivity contribution is 7.89. The van der Waals surface area contributed by atoms with E-state index in [0.717, 1.165) is 6.07 Å². The van der Waals surface area contributed by atoms with Gasteiger partial charge in [0, 0.05) is 18.8 Å². The highest BCUT2D eigenvalue weighted by Gasteiger charge is 2.39. The number of aromatic nitrogens is 1. The minimum absolute atomic E-state index is 0.126. The summed E-state index contributed by atoms with van der Waals surface area (Å²) < 4.78 is 39.5. The number of nitrogens with two attached hydrogens (primary N) is 1. The summed E-state index contributed by atoms with van der Waals surface area (Å²) in [5.74, 6) is -0.692.